The van der Waals surface area contributed by atoms with E-state index < -0.39 is 17.1 Å². The van der Waals surface area contributed by atoms with Crippen LogP contribution in [0.2, 0.25) is 0 Å². The van der Waals surface area contributed by atoms with Crippen molar-refractivity contribution in [3.63, 3.8) is 0 Å². The predicted molar refractivity (Wildman–Crippen MR) is 101 cm³/mol. The first-order valence-corrected chi connectivity index (χ1v) is 9.84. The number of likely N-dealkylation sites (tertiary alicyclic amines) is 1. The van der Waals surface area contributed by atoms with Crippen LogP contribution in [-0.2, 0) is 24.5 Å². The van der Waals surface area contributed by atoms with Crippen LogP contribution >= 0.6 is 0 Å². The van der Waals surface area contributed by atoms with Crippen LogP contribution < -0.4 is 0 Å². The molecule has 2 aliphatic rings. The van der Waals surface area contributed by atoms with Crippen molar-refractivity contribution in [1.82, 2.24) is 9.80 Å². The molecule has 0 saturated carbocycles. The van der Waals surface area contributed by atoms with Gasteiger partial charge in [0.25, 0.3) is 0 Å². The van der Waals surface area contributed by atoms with Crippen LogP contribution in [0.4, 0.5) is 4.39 Å². The van der Waals surface area contributed by atoms with Crippen LogP contribution in [-0.4, -0.2) is 60.4 Å². The molecule has 3 rings (SSSR count). The van der Waals surface area contributed by atoms with Crippen molar-refractivity contribution in [2.45, 2.75) is 50.5 Å². The van der Waals surface area contributed by atoms with Crippen molar-refractivity contribution in [2.24, 2.45) is 0 Å². The molecule has 3 amide bonds. The van der Waals surface area contributed by atoms with Crippen LogP contribution in [0.5, 0.6) is 0 Å². The van der Waals surface area contributed by atoms with Crippen molar-refractivity contribution in [1.29, 1.82) is 0 Å². The summed E-state index contributed by atoms with van der Waals surface area (Å²) in [5.74, 6) is -1.52. The van der Waals surface area contributed by atoms with Crippen LogP contribution in [0.1, 0.15) is 44.6 Å². The zero-order chi connectivity index (χ0) is 20.3. The molecule has 2 aliphatic heterocycles. The van der Waals surface area contributed by atoms with Gasteiger partial charge in [-0.15, -0.1) is 0 Å². The molecule has 2 saturated heterocycles. The maximum absolute atomic E-state index is 13.9. The van der Waals surface area contributed by atoms with Gasteiger partial charge in [0.05, 0.1) is 11.5 Å². The first-order valence-electron chi connectivity index (χ1n) is 9.84. The zero-order valence-corrected chi connectivity index (χ0v) is 16.4. The van der Waals surface area contributed by atoms with E-state index in [4.69, 9.17) is 4.74 Å². The molecule has 2 fully saturated rings. The lowest BCUT2D eigenvalue weighted by molar-refractivity contribution is -0.142. The molecule has 152 valence electrons. The van der Waals surface area contributed by atoms with Gasteiger partial charge in [-0.2, -0.15) is 0 Å². The lowest BCUT2D eigenvalue weighted by Crippen LogP contribution is -2.45. The Morgan fingerprint density at radius 2 is 2.18 bits per heavy atom. The highest BCUT2D eigenvalue weighted by Gasteiger charge is 2.53. The summed E-state index contributed by atoms with van der Waals surface area (Å²) in [6, 6.07) is 5.65. The first kappa shape index (κ1) is 20.5. The van der Waals surface area contributed by atoms with Gasteiger partial charge in [-0.1, -0.05) is 19.1 Å². The second kappa shape index (κ2) is 8.39. The number of rotatable bonds is 7. The third kappa shape index (κ3) is 3.94. The maximum atomic E-state index is 13.9. The fourth-order valence-electron chi connectivity index (χ4n) is 4.13. The summed E-state index contributed by atoms with van der Waals surface area (Å²) >= 11 is 0. The molecule has 0 aliphatic carbocycles. The second-order valence-electron chi connectivity index (χ2n) is 7.68. The van der Waals surface area contributed by atoms with E-state index in [1.54, 1.807) is 11.0 Å². The van der Waals surface area contributed by atoms with Crippen LogP contribution in [0.15, 0.2) is 24.3 Å². The lowest BCUT2D eigenvalue weighted by atomic mass is 9.75. The minimum atomic E-state index is -1.35. The molecule has 0 radical (unpaired) electrons. The minimum Gasteiger partial charge on any atom is -0.376 e. The van der Waals surface area contributed by atoms with Gasteiger partial charge < -0.3 is 9.64 Å². The molecule has 0 N–H and O–H groups in total. The third-order valence-electron chi connectivity index (χ3n) is 5.67. The number of hydrogen-bond acceptors (Lipinski definition) is 4. The summed E-state index contributed by atoms with van der Waals surface area (Å²) in [6.45, 7) is 3.71. The van der Waals surface area contributed by atoms with Crippen molar-refractivity contribution in [3.05, 3.63) is 35.6 Å². The number of nitrogens with zero attached hydrogens (tertiary/aromatic N) is 2. The highest BCUT2D eigenvalue weighted by Crippen LogP contribution is 2.40. The van der Waals surface area contributed by atoms with Crippen LogP contribution in [0.25, 0.3) is 0 Å². The average Bonchev–Trinajstić information content (AvgIpc) is 3.25. The van der Waals surface area contributed by atoms with Gasteiger partial charge in [0, 0.05) is 39.6 Å². The fourth-order valence-corrected chi connectivity index (χ4v) is 4.13. The van der Waals surface area contributed by atoms with Gasteiger partial charge in [0.1, 0.15) is 5.82 Å². The fraction of sp³-hybridized carbons (Fsp3) is 0.571. The predicted octanol–water partition coefficient (Wildman–Crippen LogP) is 2.26. The molecule has 0 bridgehead atoms. The molecule has 28 heavy (non-hydrogen) atoms. The van der Waals surface area contributed by atoms with Crippen molar-refractivity contribution in [2.75, 3.05) is 26.7 Å². The van der Waals surface area contributed by atoms with E-state index >= 15 is 0 Å². The smallest absolute Gasteiger partial charge is 0.240 e. The van der Waals surface area contributed by atoms with Gasteiger partial charge in [0.15, 0.2) is 0 Å². The second-order valence-corrected chi connectivity index (χ2v) is 7.68. The Kier molecular flexibility index (Phi) is 6.13. The number of imide groups is 1. The molecule has 2 heterocycles. The first-order chi connectivity index (χ1) is 13.4. The van der Waals surface area contributed by atoms with E-state index in [1.165, 1.54) is 25.2 Å². The van der Waals surface area contributed by atoms with Crippen LogP contribution in [0.3, 0.4) is 0 Å². The average molecular weight is 390 g/mol. The Morgan fingerprint density at radius 1 is 1.39 bits per heavy atom. The van der Waals surface area contributed by atoms with Crippen LogP contribution in [0, 0.1) is 5.82 Å². The van der Waals surface area contributed by atoms with Gasteiger partial charge in [-0.05, 0) is 37.0 Å². The van der Waals surface area contributed by atoms with E-state index in [0.717, 1.165) is 24.2 Å². The number of benzene rings is 1. The molecule has 1 aromatic carbocycles. The third-order valence-corrected chi connectivity index (χ3v) is 5.67. The van der Waals surface area contributed by atoms with Gasteiger partial charge >= 0.3 is 0 Å². The standard InChI is InChI=1S/C21H27FN2O4/c1-3-9-24(14-17-8-5-10-28-17)19(26)13-21(12-18(25)23(2)20(21)27)15-6-4-7-16(22)11-15/h4,6-7,11,17H,3,5,8-10,12-14H2,1-2H3. The maximum Gasteiger partial charge on any atom is 0.240 e. The number of likely N-dealkylation sites (N-methyl/N-ethyl adjacent to an activating group) is 1. The molecule has 7 heteroatoms. The van der Waals surface area contributed by atoms with Gasteiger partial charge in [-0.3, -0.25) is 19.3 Å². The van der Waals surface area contributed by atoms with Crippen molar-refractivity contribution < 1.29 is 23.5 Å². The summed E-state index contributed by atoms with van der Waals surface area (Å²) in [5.41, 5.74) is -0.981. The summed E-state index contributed by atoms with van der Waals surface area (Å²) in [5, 5.41) is 0. The molecular weight excluding hydrogens is 363 g/mol. The van der Waals surface area contributed by atoms with E-state index in [-0.39, 0.29) is 30.8 Å². The zero-order valence-electron chi connectivity index (χ0n) is 16.4. The summed E-state index contributed by atoms with van der Waals surface area (Å²) in [7, 11) is 1.41. The summed E-state index contributed by atoms with van der Waals surface area (Å²) in [4.78, 5) is 41.2. The number of amides is 3. The number of hydrogen-bond donors (Lipinski definition) is 0. The van der Waals surface area contributed by atoms with E-state index in [0.29, 0.717) is 25.3 Å². The molecular formula is C21H27FN2O4. The largest absolute Gasteiger partial charge is 0.376 e. The molecule has 2 unspecified atom stereocenters. The number of carbonyl (C=O) groups is 3. The van der Waals surface area contributed by atoms with Gasteiger partial charge in [0.2, 0.25) is 17.7 Å². The minimum absolute atomic E-state index is 0.00389. The van der Waals surface area contributed by atoms with E-state index in [9.17, 15) is 18.8 Å². The summed E-state index contributed by atoms with van der Waals surface area (Å²) < 4.78 is 19.5. The Hall–Kier alpha value is -2.28. The van der Waals surface area contributed by atoms with Crippen molar-refractivity contribution in [3.8, 4) is 0 Å². The molecule has 1 aromatic rings. The lowest BCUT2D eigenvalue weighted by Gasteiger charge is -2.31. The monoisotopic (exact) mass is 390 g/mol. The van der Waals surface area contributed by atoms with Gasteiger partial charge in [-0.25, -0.2) is 4.39 Å². The molecule has 0 aromatic heterocycles. The SMILES string of the molecule is CCCN(CC1CCCO1)C(=O)CC1(c2cccc(F)c2)CC(=O)N(C)C1=O. The Balaban J connectivity index is 1.89. The molecule has 6 nitrogen and oxygen atoms in total. The van der Waals surface area contributed by atoms with E-state index in [2.05, 4.69) is 0 Å². The highest BCUT2D eigenvalue weighted by atomic mass is 19.1. The molecule has 0 spiro atoms. The highest BCUT2D eigenvalue weighted by molar-refractivity contribution is 6.10. The number of ether oxygens (including phenoxy) is 1. The quantitative estimate of drug-likeness (QED) is 0.670. The number of carbonyl (C=O) groups excluding carboxylic acids is 3. The normalized spacial score (nSPS) is 24.8. The van der Waals surface area contributed by atoms with Crippen molar-refractivity contribution >= 4 is 17.7 Å². The van der Waals surface area contributed by atoms with E-state index in [1.807, 2.05) is 6.92 Å². The Morgan fingerprint density at radius 3 is 2.75 bits per heavy atom. The Labute approximate surface area is 164 Å². The topological polar surface area (TPSA) is 66.9 Å². The summed E-state index contributed by atoms with van der Waals surface area (Å²) in [6.07, 6.45) is 2.38. The number of halogens is 1. The Bertz CT molecular complexity index is 763. The molecule has 2 atom stereocenters.